The molecule has 0 saturated carbocycles. The highest BCUT2D eigenvalue weighted by atomic mass is 19.1. The number of hydrogen-bond acceptors (Lipinski definition) is 3. The molecule has 112 valence electrons. The molecule has 0 radical (unpaired) electrons. The van der Waals surface area contributed by atoms with Gasteiger partial charge in [0.25, 0.3) is 0 Å². The average molecular weight is 285 g/mol. The molecule has 1 aromatic carbocycles. The predicted molar refractivity (Wildman–Crippen MR) is 72.8 cm³/mol. The summed E-state index contributed by atoms with van der Waals surface area (Å²) in [6.45, 7) is 4.39. The Kier molecular flexibility index (Phi) is 5.73. The molecule has 1 atom stereocenters. The van der Waals surface area contributed by atoms with Gasteiger partial charge in [0.1, 0.15) is 6.10 Å². The smallest absolute Gasteiger partial charge is 0.191 e. The number of hydrogen-bond donors (Lipinski definition) is 1. The number of halogens is 2. The van der Waals surface area contributed by atoms with E-state index in [2.05, 4.69) is 5.32 Å². The molecule has 0 amide bonds. The maximum Gasteiger partial charge on any atom is 0.191 e. The third-order valence-electron chi connectivity index (χ3n) is 3.22. The van der Waals surface area contributed by atoms with Crippen LogP contribution in [-0.2, 0) is 11.3 Å². The summed E-state index contributed by atoms with van der Waals surface area (Å²) in [5, 5.41) is 3.11. The summed E-state index contributed by atoms with van der Waals surface area (Å²) in [6.07, 6.45) is 2.33. The second-order valence-corrected chi connectivity index (χ2v) is 5.02. The maximum absolute atomic E-state index is 13.9. The Morgan fingerprint density at radius 1 is 1.35 bits per heavy atom. The van der Waals surface area contributed by atoms with Gasteiger partial charge >= 0.3 is 0 Å². The van der Waals surface area contributed by atoms with E-state index >= 15 is 0 Å². The molecule has 1 aromatic rings. The van der Waals surface area contributed by atoms with Crippen LogP contribution in [0, 0.1) is 11.6 Å². The van der Waals surface area contributed by atoms with Crippen molar-refractivity contribution in [3.05, 3.63) is 29.3 Å². The van der Waals surface area contributed by atoms with Gasteiger partial charge in [0.2, 0.25) is 0 Å². The quantitative estimate of drug-likeness (QED) is 0.815. The Labute approximate surface area is 118 Å². The molecule has 1 aliphatic rings. The Balaban J connectivity index is 2.01. The van der Waals surface area contributed by atoms with E-state index in [0.717, 1.165) is 25.8 Å². The molecule has 3 nitrogen and oxygen atoms in total. The highest BCUT2D eigenvalue weighted by Gasteiger charge is 2.20. The van der Waals surface area contributed by atoms with Crippen molar-refractivity contribution in [3.8, 4) is 5.75 Å². The van der Waals surface area contributed by atoms with Crippen LogP contribution in [0.4, 0.5) is 8.78 Å². The fourth-order valence-electron chi connectivity index (χ4n) is 2.21. The van der Waals surface area contributed by atoms with Crippen LogP contribution in [0.15, 0.2) is 12.1 Å². The molecule has 1 heterocycles. The van der Waals surface area contributed by atoms with Gasteiger partial charge in [-0.25, -0.2) is 8.78 Å². The topological polar surface area (TPSA) is 30.5 Å². The number of benzene rings is 1. The molecule has 5 heteroatoms. The molecule has 0 aliphatic carbocycles. The van der Waals surface area contributed by atoms with Gasteiger partial charge in [-0.1, -0.05) is 6.92 Å². The first kappa shape index (κ1) is 15.2. The molecule has 1 aliphatic heterocycles. The lowest BCUT2D eigenvalue weighted by atomic mass is 10.1. The summed E-state index contributed by atoms with van der Waals surface area (Å²) in [7, 11) is 0. The van der Waals surface area contributed by atoms with Gasteiger partial charge < -0.3 is 14.8 Å². The first-order chi connectivity index (χ1) is 9.70. The Hall–Kier alpha value is -1.20. The third kappa shape index (κ3) is 4.15. The summed E-state index contributed by atoms with van der Waals surface area (Å²) in [4.78, 5) is 0. The van der Waals surface area contributed by atoms with Gasteiger partial charge in [-0.15, -0.1) is 0 Å². The second kappa shape index (κ2) is 7.55. The Bertz CT molecular complexity index is 411. The zero-order valence-corrected chi connectivity index (χ0v) is 11.8. The van der Waals surface area contributed by atoms with Gasteiger partial charge in [-0.2, -0.15) is 0 Å². The third-order valence-corrected chi connectivity index (χ3v) is 3.22. The molecular formula is C15H21F2NO2. The van der Waals surface area contributed by atoms with Crippen molar-refractivity contribution >= 4 is 0 Å². The van der Waals surface area contributed by atoms with Crippen molar-refractivity contribution in [3.63, 3.8) is 0 Å². The monoisotopic (exact) mass is 285 g/mol. The maximum atomic E-state index is 13.9. The molecule has 1 saturated heterocycles. The minimum absolute atomic E-state index is 0.267. The summed E-state index contributed by atoms with van der Waals surface area (Å²) in [5.41, 5.74) is 0.584. The van der Waals surface area contributed by atoms with Crippen LogP contribution in [0.5, 0.6) is 5.75 Å². The lowest BCUT2D eigenvalue weighted by Crippen LogP contribution is -2.28. The van der Waals surface area contributed by atoms with Crippen LogP contribution in [-0.4, -0.2) is 25.9 Å². The standard InChI is InChI=1S/C15H21F2NO2/c1-2-5-18-9-11-7-13(16)15(14(17)8-11)20-12-4-3-6-19-10-12/h7-8,12,18H,2-6,9-10H2,1H3. The number of rotatable bonds is 6. The van der Waals surface area contributed by atoms with Gasteiger partial charge in [-0.3, -0.25) is 0 Å². The zero-order chi connectivity index (χ0) is 14.4. The zero-order valence-electron chi connectivity index (χ0n) is 11.8. The van der Waals surface area contributed by atoms with E-state index in [-0.39, 0.29) is 11.9 Å². The molecule has 0 aromatic heterocycles. The normalized spacial score (nSPS) is 19.1. The molecule has 0 spiro atoms. The summed E-state index contributed by atoms with van der Waals surface area (Å²) >= 11 is 0. The van der Waals surface area contributed by atoms with Gasteiger partial charge in [-0.05, 0) is 43.5 Å². The Morgan fingerprint density at radius 2 is 2.10 bits per heavy atom. The lowest BCUT2D eigenvalue weighted by Gasteiger charge is -2.23. The van der Waals surface area contributed by atoms with E-state index in [0.29, 0.717) is 25.3 Å². The van der Waals surface area contributed by atoms with Crippen molar-refractivity contribution in [1.82, 2.24) is 5.32 Å². The van der Waals surface area contributed by atoms with Crippen LogP contribution < -0.4 is 10.1 Å². The molecule has 1 fully saturated rings. The van der Waals surface area contributed by atoms with E-state index in [1.54, 1.807) is 0 Å². The van der Waals surface area contributed by atoms with E-state index in [4.69, 9.17) is 9.47 Å². The summed E-state index contributed by atoms with van der Waals surface area (Å²) in [5.74, 6) is -1.59. The number of ether oxygens (including phenoxy) is 2. The van der Waals surface area contributed by atoms with E-state index < -0.39 is 11.6 Å². The first-order valence-corrected chi connectivity index (χ1v) is 7.13. The van der Waals surface area contributed by atoms with E-state index in [9.17, 15) is 8.78 Å². The van der Waals surface area contributed by atoms with Gasteiger partial charge in [0, 0.05) is 13.2 Å². The van der Waals surface area contributed by atoms with Gasteiger partial charge in [0.05, 0.1) is 6.61 Å². The SMILES string of the molecule is CCCNCc1cc(F)c(OC2CCCOC2)c(F)c1. The van der Waals surface area contributed by atoms with Crippen molar-refractivity contribution in [1.29, 1.82) is 0 Å². The molecule has 1 unspecified atom stereocenters. The van der Waals surface area contributed by atoms with Crippen LogP contribution in [0.2, 0.25) is 0 Å². The highest BCUT2D eigenvalue weighted by Crippen LogP contribution is 2.26. The average Bonchev–Trinajstić information content (AvgIpc) is 2.44. The molecular weight excluding hydrogens is 264 g/mol. The van der Waals surface area contributed by atoms with Crippen molar-refractivity contribution in [2.75, 3.05) is 19.8 Å². The van der Waals surface area contributed by atoms with Gasteiger partial charge in [0.15, 0.2) is 17.4 Å². The minimum atomic E-state index is -0.649. The van der Waals surface area contributed by atoms with Crippen LogP contribution >= 0.6 is 0 Å². The first-order valence-electron chi connectivity index (χ1n) is 7.13. The van der Waals surface area contributed by atoms with Crippen LogP contribution in [0.3, 0.4) is 0 Å². The number of nitrogens with one attached hydrogen (secondary N) is 1. The molecule has 0 bridgehead atoms. The predicted octanol–water partition coefficient (Wildman–Crippen LogP) is 3.02. The Morgan fingerprint density at radius 3 is 2.70 bits per heavy atom. The molecule has 1 N–H and O–H groups in total. The largest absolute Gasteiger partial charge is 0.482 e. The van der Waals surface area contributed by atoms with Crippen molar-refractivity contribution in [2.45, 2.75) is 38.8 Å². The van der Waals surface area contributed by atoms with E-state index in [1.165, 1.54) is 12.1 Å². The highest BCUT2D eigenvalue weighted by molar-refractivity contribution is 5.31. The van der Waals surface area contributed by atoms with Crippen molar-refractivity contribution in [2.24, 2.45) is 0 Å². The second-order valence-electron chi connectivity index (χ2n) is 5.02. The minimum Gasteiger partial charge on any atom is -0.482 e. The van der Waals surface area contributed by atoms with Crippen LogP contribution in [0.25, 0.3) is 0 Å². The fourth-order valence-corrected chi connectivity index (χ4v) is 2.21. The summed E-state index contributed by atoms with van der Waals surface area (Å²) in [6, 6.07) is 2.65. The van der Waals surface area contributed by atoms with Crippen molar-refractivity contribution < 1.29 is 18.3 Å². The van der Waals surface area contributed by atoms with Crippen LogP contribution in [0.1, 0.15) is 31.7 Å². The van der Waals surface area contributed by atoms with E-state index in [1.807, 2.05) is 6.92 Å². The molecule has 2 rings (SSSR count). The summed E-state index contributed by atoms with van der Waals surface area (Å²) < 4.78 is 38.5. The molecule has 20 heavy (non-hydrogen) atoms. The fraction of sp³-hybridized carbons (Fsp3) is 0.600. The lowest BCUT2D eigenvalue weighted by molar-refractivity contribution is 0.00418.